The molecule has 98 valence electrons. The number of aromatic nitrogens is 2. The molecule has 0 aromatic carbocycles. The Balaban J connectivity index is 1.93. The van der Waals surface area contributed by atoms with Crippen LogP contribution in [0.5, 0.6) is 0 Å². The van der Waals surface area contributed by atoms with Gasteiger partial charge in [-0.15, -0.1) is 0 Å². The lowest BCUT2D eigenvalue weighted by molar-refractivity contribution is 0.0665. The molecular weight excluding hydrogens is 250 g/mol. The van der Waals surface area contributed by atoms with E-state index < -0.39 is 0 Å². The Bertz CT molecular complexity index is 467. The monoisotopic (exact) mass is 267 g/mol. The van der Waals surface area contributed by atoms with Crippen molar-refractivity contribution in [1.82, 2.24) is 10.1 Å². The molecule has 18 heavy (non-hydrogen) atoms. The van der Waals surface area contributed by atoms with E-state index in [9.17, 15) is 0 Å². The zero-order valence-electron chi connectivity index (χ0n) is 10.5. The molecule has 0 spiro atoms. The van der Waals surface area contributed by atoms with Gasteiger partial charge in [0.15, 0.2) is 5.82 Å². The van der Waals surface area contributed by atoms with Crippen LogP contribution in [-0.4, -0.2) is 22.9 Å². The fourth-order valence-corrected chi connectivity index (χ4v) is 2.10. The van der Waals surface area contributed by atoms with Gasteiger partial charge in [0.05, 0.1) is 25.2 Å². The lowest BCUT2D eigenvalue weighted by Crippen LogP contribution is -2.20. The van der Waals surface area contributed by atoms with Crippen LogP contribution >= 0.6 is 11.3 Å². The Morgan fingerprint density at radius 3 is 3.00 bits per heavy atom. The highest BCUT2D eigenvalue weighted by molar-refractivity contribution is 7.07. The minimum atomic E-state index is -0.340. The zero-order chi connectivity index (χ0) is 13.0. The van der Waals surface area contributed by atoms with E-state index in [1.54, 1.807) is 11.3 Å². The number of nitrogens with zero attached hydrogens (tertiary/aromatic N) is 2. The molecule has 2 aromatic heterocycles. The maximum Gasteiger partial charge on any atom is 0.231 e. The van der Waals surface area contributed by atoms with Crippen LogP contribution in [0.2, 0.25) is 0 Å². The predicted molar refractivity (Wildman–Crippen MR) is 69.4 cm³/mol. The van der Waals surface area contributed by atoms with Crippen molar-refractivity contribution in [2.24, 2.45) is 5.73 Å². The first kappa shape index (κ1) is 13.2. The molecule has 5 nitrogen and oxygen atoms in total. The second-order valence-corrected chi connectivity index (χ2v) is 5.12. The van der Waals surface area contributed by atoms with Crippen LogP contribution in [0, 0.1) is 0 Å². The molecular formula is C12H17N3O2S. The number of thiophene rings is 1. The van der Waals surface area contributed by atoms with Crippen LogP contribution < -0.4 is 5.73 Å². The zero-order valence-corrected chi connectivity index (χ0v) is 11.3. The van der Waals surface area contributed by atoms with Gasteiger partial charge in [-0.3, -0.25) is 0 Å². The van der Waals surface area contributed by atoms with E-state index in [4.69, 9.17) is 15.0 Å². The number of hydrogen-bond donors (Lipinski definition) is 1. The summed E-state index contributed by atoms with van der Waals surface area (Å²) in [4.78, 5) is 4.28. The lowest BCUT2D eigenvalue weighted by atomic mass is 10.2. The van der Waals surface area contributed by atoms with Gasteiger partial charge < -0.3 is 15.0 Å². The first-order valence-electron chi connectivity index (χ1n) is 5.86. The Labute approximate surface area is 110 Å². The normalized spacial score (nSPS) is 13.1. The molecule has 0 radical (unpaired) electrons. The molecule has 2 heterocycles. The summed E-state index contributed by atoms with van der Waals surface area (Å²) in [6.45, 7) is 4.32. The highest BCUT2D eigenvalue weighted by Gasteiger charge is 2.15. The lowest BCUT2D eigenvalue weighted by Gasteiger charge is -2.10. The molecule has 2 N–H and O–H groups in total. The van der Waals surface area contributed by atoms with E-state index in [1.165, 1.54) is 5.56 Å². The smallest absolute Gasteiger partial charge is 0.231 e. The number of rotatable bonds is 6. The van der Waals surface area contributed by atoms with Gasteiger partial charge in [-0.05, 0) is 36.2 Å². The van der Waals surface area contributed by atoms with E-state index in [2.05, 4.69) is 15.5 Å². The first-order chi connectivity index (χ1) is 8.65. The van der Waals surface area contributed by atoms with Crippen molar-refractivity contribution < 1.29 is 9.26 Å². The van der Waals surface area contributed by atoms with E-state index in [-0.39, 0.29) is 12.1 Å². The van der Waals surface area contributed by atoms with Crippen LogP contribution in [0.3, 0.4) is 0 Å². The summed E-state index contributed by atoms with van der Waals surface area (Å²) in [5.74, 6) is 1.09. The molecule has 0 aliphatic rings. The topological polar surface area (TPSA) is 74.2 Å². The standard InChI is InChI=1S/C12H17N3O2S/c1-8(2)16-6-10(13)12-14-11(17-15-12)5-9-3-4-18-7-9/h3-4,7-8,10H,5-6,13H2,1-2H3. The van der Waals surface area contributed by atoms with Crippen molar-refractivity contribution in [1.29, 1.82) is 0 Å². The average molecular weight is 267 g/mol. The van der Waals surface area contributed by atoms with Crippen molar-refractivity contribution >= 4 is 11.3 Å². The molecule has 0 saturated heterocycles. The predicted octanol–water partition coefficient (Wildman–Crippen LogP) is 2.15. The quantitative estimate of drug-likeness (QED) is 0.868. The van der Waals surface area contributed by atoms with Crippen molar-refractivity contribution in [3.05, 3.63) is 34.1 Å². The van der Waals surface area contributed by atoms with Gasteiger partial charge in [0.1, 0.15) is 0 Å². The minimum Gasteiger partial charge on any atom is -0.377 e. The third-order valence-electron chi connectivity index (χ3n) is 2.36. The fraction of sp³-hybridized carbons (Fsp3) is 0.500. The van der Waals surface area contributed by atoms with Crippen LogP contribution in [-0.2, 0) is 11.2 Å². The molecule has 0 amide bonds. The Morgan fingerprint density at radius 2 is 2.33 bits per heavy atom. The van der Waals surface area contributed by atoms with Gasteiger partial charge in [0.2, 0.25) is 5.89 Å². The summed E-state index contributed by atoms with van der Waals surface area (Å²) in [5.41, 5.74) is 7.09. The summed E-state index contributed by atoms with van der Waals surface area (Å²) >= 11 is 1.65. The van der Waals surface area contributed by atoms with Crippen LogP contribution in [0.15, 0.2) is 21.3 Å². The molecule has 0 bridgehead atoms. The van der Waals surface area contributed by atoms with Crippen molar-refractivity contribution in [3.8, 4) is 0 Å². The van der Waals surface area contributed by atoms with E-state index in [0.29, 0.717) is 24.7 Å². The Morgan fingerprint density at radius 1 is 1.50 bits per heavy atom. The van der Waals surface area contributed by atoms with Gasteiger partial charge in [-0.1, -0.05) is 5.16 Å². The van der Waals surface area contributed by atoms with Gasteiger partial charge >= 0.3 is 0 Å². The summed E-state index contributed by atoms with van der Waals surface area (Å²) in [7, 11) is 0. The van der Waals surface area contributed by atoms with Gasteiger partial charge in [-0.2, -0.15) is 16.3 Å². The number of ether oxygens (including phenoxy) is 1. The highest BCUT2D eigenvalue weighted by atomic mass is 32.1. The SMILES string of the molecule is CC(C)OCC(N)c1noc(Cc2ccsc2)n1. The fourth-order valence-electron chi connectivity index (χ4n) is 1.43. The van der Waals surface area contributed by atoms with Crippen molar-refractivity contribution in [2.75, 3.05) is 6.61 Å². The van der Waals surface area contributed by atoms with Crippen molar-refractivity contribution in [2.45, 2.75) is 32.4 Å². The van der Waals surface area contributed by atoms with Crippen molar-refractivity contribution in [3.63, 3.8) is 0 Å². The van der Waals surface area contributed by atoms with Crippen LogP contribution in [0.25, 0.3) is 0 Å². The second-order valence-electron chi connectivity index (χ2n) is 4.34. The maximum atomic E-state index is 5.92. The summed E-state index contributed by atoms with van der Waals surface area (Å²) in [5, 5.41) is 7.97. The Hall–Kier alpha value is -1.24. The molecule has 1 atom stereocenters. The molecule has 0 aliphatic heterocycles. The summed E-state index contributed by atoms with van der Waals surface area (Å²) < 4.78 is 10.6. The van der Waals surface area contributed by atoms with E-state index in [0.717, 1.165) is 0 Å². The Kier molecular flexibility index (Phi) is 4.46. The minimum absolute atomic E-state index is 0.147. The summed E-state index contributed by atoms with van der Waals surface area (Å²) in [6.07, 6.45) is 0.794. The van der Waals surface area contributed by atoms with Crippen LogP contribution in [0.1, 0.15) is 37.2 Å². The first-order valence-corrected chi connectivity index (χ1v) is 6.80. The third-order valence-corrected chi connectivity index (χ3v) is 3.09. The molecule has 0 aliphatic carbocycles. The molecule has 2 aromatic rings. The maximum absolute atomic E-state index is 5.92. The van der Waals surface area contributed by atoms with E-state index >= 15 is 0 Å². The molecule has 1 unspecified atom stereocenters. The highest BCUT2D eigenvalue weighted by Crippen LogP contribution is 2.13. The second kappa shape index (κ2) is 6.08. The van der Waals surface area contributed by atoms with Gasteiger partial charge in [0.25, 0.3) is 0 Å². The number of hydrogen-bond acceptors (Lipinski definition) is 6. The van der Waals surface area contributed by atoms with E-state index in [1.807, 2.05) is 25.3 Å². The molecule has 6 heteroatoms. The molecule has 0 saturated carbocycles. The summed E-state index contributed by atoms with van der Waals surface area (Å²) in [6, 6.07) is 1.70. The number of nitrogens with two attached hydrogens (primary N) is 1. The molecule has 0 fully saturated rings. The third kappa shape index (κ3) is 3.63. The largest absolute Gasteiger partial charge is 0.377 e. The average Bonchev–Trinajstić information content (AvgIpc) is 2.98. The van der Waals surface area contributed by atoms with Gasteiger partial charge in [-0.25, -0.2) is 0 Å². The van der Waals surface area contributed by atoms with Gasteiger partial charge in [0, 0.05) is 0 Å². The molecule has 2 rings (SSSR count). The van der Waals surface area contributed by atoms with Crippen LogP contribution in [0.4, 0.5) is 0 Å².